The Morgan fingerprint density at radius 1 is 1.40 bits per heavy atom. The van der Waals surface area contributed by atoms with E-state index in [4.69, 9.17) is 16.2 Å². The predicted molar refractivity (Wildman–Crippen MR) is 77.2 cm³/mol. The van der Waals surface area contributed by atoms with Gasteiger partial charge in [0.15, 0.2) is 0 Å². The number of hydrogen-bond donors (Lipinski definition) is 3. The fraction of sp³-hybridized carbons (Fsp3) is 0.462. The van der Waals surface area contributed by atoms with Gasteiger partial charge in [-0.25, -0.2) is 4.39 Å². The summed E-state index contributed by atoms with van der Waals surface area (Å²) in [6.45, 7) is 2.28. The van der Waals surface area contributed by atoms with Crippen LogP contribution < -0.4 is 16.8 Å². The van der Waals surface area contributed by atoms with Crippen molar-refractivity contribution < 1.29 is 13.9 Å². The number of likely N-dealkylation sites (N-methyl/N-ethyl adjacent to an activating group) is 1. The second kappa shape index (κ2) is 7.66. The standard InChI is InChI=1S/C13H21FN4O2/c1-18(2)4-6-20-5-3-17-12-7-9(13(16)19)11(15)8-10(12)14/h7-8,17H,3-6,15H2,1-2H3,(H2,16,19). The molecule has 1 aromatic carbocycles. The molecule has 6 nitrogen and oxygen atoms in total. The van der Waals surface area contributed by atoms with E-state index in [0.29, 0.717) is 19.8 Å². The van der Waals surface area contributed by atoms with E-state index in [0.717, 1.165) is 12.6 Å². The average Bonchev–Trinajstić information content (AvgIpc) is 2.34. The van der Waals surface area contributed by atoms with E-state index in [9.17, 15) is 9.18 Å². The first-order valence-electron chi connectivity index (χ1n) is 6.27. The first-order chi connectivity index (χ1) is 9.41. The molecule has 7 heteroatoms. The van der Waals surface area contributed by atoms with Crippen LogP contribution in [0.3, 0.4) is 0 Å². The van der Waals surface area contributed by atoms with E-state index in [1.165, 1.54) is 6.07 Å². The van der Waals surface area contributed by atoms with Gasteiger partial charge >= 0.3 is 0 Å². The number of nitrogens with one attached hydrogen (secondary N) is 1. The van der Waals surface area contributed by atoms with Crippen molar-refractivity contribution in [2.24, 2.45) is 5.73 Å². The van der Waals surface area contributed by atoms with Crippen molar-refractivity contribution in [2.45, 2.75) is 0 Å². The Labute approximate surface area is 117 Å². The molecular weight excluding hydrogens is 263 g/mol. The Kier molecular flexibility index (Phi) is 6.20. The van der Waals surface area contributed by atoms with Crippen molar-refractivity contribution >= 4 is 17.3 Å². The van der Waals surface area contributed by atoms with Gasteiger partial charge in [-0.2, -0.15) is 0 Å². The maximum atomic E-state index is 13.6. The minimum Gasteiger partial charge on any atom is -0.398 e. The van der Waals surface area contributed by atoms with Crippen LogP contribution in [0, 0.1) is 5.82 Å². The van der Waals surface area contributed by atoms with E-state index in [2.05, 4.69) is 5.32 Å². The van der Waals surface area contributed by atoms with Gasteiger partial charge in [-0.15, -0.1) is 0 Å². The first-order valence-corrected chi connectivity index (χ1v) is 6.27. The van der Waals surface area contributed by atoms with Crippen LogP contribution in [0.5, 0.6) is 0 Å². The lowest BCUT2D eigenvalue weighted by Crippen LogP contribution is -2.20. The van der Waals surface area contributed by atoms with E-state index in [-0.39, 0.29) is 16.9 Å². The molecule has 0 aliphatic carbocycles. The van der Waals surface area contributed by atoms with Gasteiger partial charge in [-0.1, -0.05) is 0 Å². The van der Waals surface area contributed by atoms with E-state index in [1.807, 2.05) is 19.0 Å². The molecule has 1 amide bonds. The molecule has 0 unspecified atom stereocenters. The molecule has 0 atom stereocenters. The number of hydrogen-bond acceptors (Lipinski definition) is 5. The van der Waals surface area contributed by atoms with Crippen molar-refractivity contribution in [2.75, 3.05) is 51.4 Å². The highest BCUT2D eigenvalue weighted by Crippen LogP contribution is 2.21. The normalized spacial score (nSPS) is 10.8. The lowest BCUT2D eigenvalue weighted by Gasteiger charge is -2.12. The third-order valence-electron chi connectivity index (χ3n) is 2.65. The van der Waals surface area contributed by atoms with Gasteiger partial charge in [0, 0.05) is 18.8 Å². The second-order valence-corrected chi connectivity index (χ2v) is 4.63. The predicted octanol–water partition coefficient (Wildman–Crippen LogP) is 0.497. The van der Waals surface area contributed by atoms with Crippen molar-refractivity contribution in [3.05, 3.63) is 23.5 Å². The Balaban J connectivity index is 2.47. The van der Waals surface area contributed by atoms with Crippen molar-refractivity contribution in [1.82, 2.24) is 4.90 Å². The largest absolute Gasteiger partial charge is 0.398 e. The summed E-state index contributed by atoms with van der Waals surface area (Å²) in [5.41, 5.74) is 11.0. The second-order valence-electron chi connectivity index (χ2n) is 4.63. The summed E-state index contributed by atoms with van der Waals surface area (Å²) in [6.07, 6.45) is 0. The molecule has 0 aliphatic rings. The van der Waals surface area contributed by atoms with E-state index in [1.54, 1.807) is 0 Å². The summed E-state index contributed by atoms with van der Waals surface area (Å²) in [7, 11) is 3.91. The minimum atomic E-state index is -0.687. The smallest absolute Gasteiger partial charge is 0.250 e. The summed E-state index contributed by atoms with van der Waals surface area (Å²) in [5.74, 6) is -1.21. The molecule has 0 spiro atoms. The zero-order valence-corrected chi connectivity index (χ0v) is 11.8. The van der Waals surface area contributed by atoms with Crippen LogP contribution in [0.4, 0.5) is 15.8 Å². The number of primary amides is 1. The molecule has 1 rings (SSSR count). The molecule has 5 N–H and O–H groups in total. The molecule has 112 valence electrons. The van der Waals surface area contributed by atoms with Gasteiger partial charge in [0.25, 0.3) is 5.91 Å². The van der Waals surface area contributed by atoms with E-state index < -0.39 is 11.7 Å². The molecule has 0 aromatic heterocycles. The third kappa shape index (κ3) is 5.02. The zero-order chi connectivity index (χ0) is 15.1. The number of nitrogen functional groups attached to an aromatic ring is 1. The molecule has 0 radical (unpaired) electrons. The summed E-state index contributed by atoms with van der Waals surface area (Å²) in [6, 6.07) is 2.39. The SMILES string of the molecule is CN(C)CCOCCNc1cc(C(N)=O)c(N)cc1F. The lowest BCUT2D eigenvalue weighted by molar-refractivity contribution is 0.100. The van der Waals surface area contributed by atoms with Crippen LogP contribution in [-0.4, -0.2) is 51.2 Å². The van der Waals surface area contributed by atoms with Gasteiger partial charge in [-0.05, 0) is 26.2 Å². The number of nitrogens with two attached hydrogens (primary N) is 2. The number of anilines is 2. The molecular formula is C13H21FN4O2. The van der Waals surface area contributed by atoms with Gasteiger partial charge in [0.1, 0.15) is 5.82 Å². The summed E-state index contributed by atoms with van der Waals surface area (Å²) < 4.78 is 19.0. The first kappa shape index (κ1) is 16.2. The molecule has 0 saturated carbocycles. The van der Waals surface area contributed by atoms with Crippen LogP contribution in [-0.2, 0) is 4.74 Å². The number of carbonyl (C=O) groups is 1. The maximum absolute atomic E-state index is 13.6. The van der Waals surface area contributed by atoms with Gasteiger partial charge in [0.2, 0.25) is 0 Å². The number of amides is 1. The summed E-state index contributed by atoms with van der Waals surface area (Å²) in [5, 5.41) is 2.85. The lowest BCUT2D eigenvalue weighted by atomic mass is 10.1. The Morgan fingerprint density at radius 3 is 2.70 bits per heavy atom. The Bertz CT molecular complexity index is 466. The fourth-order valence-corrected chi connectivity index (χ4v) is 1.54. The van der Waals surface area contributed by atoms with Gasteiger partial charge < -0.3 is 26.4 Å². The molecule has 0 fully saturated rings. The topological polar surface area (TPSA) is 93.6 Å². The number of ether oxygens (including phenoxy) is 1. The van der Waals surface area contributed by atoms with Crippen molar-refractivity contribution in [1.29, 1.82) is 0 Å². The molecule has 1 aromatic rings. The van der Waals surface area contributed by atoms with Crippen LogP contribution in [0.2, 0.25) is 0 Å². The highest BCUT2D eigenvalue weighted by molar-refractivity contribution is 5.99. The monoisotopic (exact) mass is 284 g/mol. The van der Waals surface area contributed by atoms with Crippen molar-refractivity contribution in [3.63, 3.8) is 0 Å². The quantitative estimate of drug-likeness (QED) is 0.477. The number of rotatable bonds is 8. The molecule has 0 heterocycles. The molecule has 0 saturated heterocycles. The minimum absolute atomic E-state index is 0.0304. The molecule has 0 aliphatic heterocycles. The zero-order valence-electron chi connectivity index (χ0n) is 11.8. The van der Waals surface area contributed by atoms with Crippen LogP contribution in [0.15, 0.2) is 12.1 Å². The number of benzene rings is 1. The molecule has 20 heavy (non-hydrogen) atoms. The fourth-order valence-electron chi connectivity index (χ4n) is 1.54. The number of halogens is 1. The highest BCUT2D eigenvalue weighted by atomic mass is 19.1. The summed E-state index contributed by atoms with van der Waals surface area (Å²) >= 11 is 0. The number of nitrogens with zero attached hydrogens (tertiary/aromatic N) is 1. The Hall–Kier alpha value is -1.86. The van der Waals surface area contributed by atoms with Gasteiger partial charge in [0.05, 0.1) is 24.5 Å². The van der Waals surface area contributed by atoms with Crippen molar-refractivity contribution in [3.8, 4) is 0 Å². The number of carbonyl (C=O) groups excluding carboxylic acids is 1. The maximum Gasteiger partial charge on any atom is 0.250 e. The van der Waals surface area contributed by atoms with Crippen LogP contribution in [0.25, 0.3) is 0 Å². The van der Waals surface area contributed by atoms with E-state index >= 15 is 0 Å². The van der Waals surface area contributed by atoms with Crippen LogP contribution >= 0.6 is 0 Å². The van der Waals surface area contributed by atoms with Crippen LogP contribution in [0.1, 0.15) is 10.4 Å². The third-order valence-corrected chi connectivity index (χ3v) is 2.65. The molecule has 0 bridgehead atoms. The van der Waals surface area contributed by atoms with Gasteiger partial charge in [-0.3, -0.25) is 4.79 Å². The Morgan fingerprint density at radius 2 is 2.10 bits per heavy atom. The summed E-state index contributed by atoms with van der Waals surface area (Å²) in [4.78, 5) is 13.1. The average molecular weight is 284 g/mol. The highest BCUT2D eigenvalue weighted by Gasteiger charge is 2.11.